The highest BCUT2D eigenvalue weighted by Crippen LogP contribution is 2.13. The van der Waals surface area contributed by atoms with Crippen LogP contribution < -0.4 is 11.1 Å². The maximum absolute atomic E-state index is 13.4. The lowest BCUT2D eigenvalue weighted by atomic mass is 10.0. The van der Waals surface area contributed by atoms with Crippen LogP contribution >= 0.6 is 0 Å². The summed E-state index contributed by atoms with van der Waals surface area (Å²) in [5.41, 5.74) is 5.64. The van der Waals surface area contributed by atoms with E-state index in [1.54, 1.807) is 4.90 Å². The minimum atomic E-state index is -0.573. The molecule has 1 aliphatic rings. The van der Waals surface area contributed by atoms with Gasteiger partial charge < -0.3 is 16.0 Å². The van der Waals surface area contributed by atoms with Crippen LogP contribution in [0.2, 0.25) is 0 Å². The van der Waals surface area contributed by atoms with Crippen molar-refractivity contribution in [2.45, 2.75) is 25.4 Å². The summed E-state index contributed by atoms with van der Waals surface area (Å²) >= 11 is 0. The summed E-state index contributed by atoms with van der Waals surface area (Å²) in [6.45, 7) is 1.57. The van der Waals surface area contributed by atoms with Crippen LogP contribution in [-0.2, 0) is 6.54 Å². The number of piperidine rings is 1. The van der Waals surface area contributed by atoms with E-state index in [1.807, 2.05) is 0 Å². The molecule has 2 amide bonds. The Labute approximate surface area is 110 Å². The second kappa shape index (κ2) is 5.97. The fraction of sp³-hybridized carbons (Fsp3) is 0.462. The Hall–Kier alpha value is -1.69. The predicted molar refractivity (Wildman–Crippen MR) is 67.4 cm³/mol. The number of rotatable bonds is 3. The van der Waals surface area contributed by atoms with Crippen molar-refractivity contribution < 1.29 is 13.6 Å². The van der Waals surface area contributed by atoms with Gasteiger partial charge in [0.2, 0.25) is 0 Å². The van der Waals surface area contributed by atoms with Crippen LogP contribution in [0.5, 0.6) is 0 Å². The molecule has 0 aliphatic carbocycles. The smallest absolute Gasteiger partial charge is 0.314 e. The molecule has 0 bridgehead atoms. The largest absolute Gasteiger partial charge is 0.351 e. The Balaban J connectivity index is 1.82. The molecule has 6 heteroatoms. The molecule has 1 aliphatic heterocycles. The van der Waals surface area contributed by atoms with Crippen molar-refractivity contribution in [2.24, 2.45) is 5.73 Å². The Morgan fingerprint density at radius 1 is 1.37 bits per heavy atom. The molecule has 1 saturated heterocycles. The van der Waals surface area contributed by atoms with Gasteiger partial charge in [-0.2, -0.15) is 0 Å². The molecule has 19 heavy (non-hydrogen) atoms. The molecule has 4 nitrogen and oxygen atoms in total. The first-order valence-electron chi connectivity index (χ1n) is 6.28. The second-order valence-corrected chi connectivity index (χ2v) is 4.72. The molecule has 1 fully saturated rings. The van der Waals surface area contributed by atoms with E-state index in [0.29, 0.717) is 25.2 Å². The number of nitrogens with two attached hydrogens (primary N) is 1. The van der Waals surface area contributed by atoms with E-state index in [4.69, 9.17) is 5.73 Å². The van der Waals surface area contributed by atoms with Gasteiger partial charge in [0.15, 0.2) is 0 Å². The topological polar surface area (TPSA) is 58.4 Å². The number of carbonyl (C=O) groups is 1. The third kappa shape index (κ3) is 3.64. The quantitative estimate of drug-likeness (QED) is 0.875. The number of hydrogen-bond donors (Lipinski definition) is 2. The van der Waals surface area contributed by atoms with Crippen LogP contribution in [0.3, 0.4) is 0 Å². The van der Waals surface area contributed by atoms with Crippen molar-refractivity contribution in [2.75, 3.05) is 13.1 Å². The summed E-state index contributed by atoms with van der Waals surface area (Å²) < 4.78 is 26.2. The number of primary amides is 1. The van der Waals surface area contributed by atoms with Crippen LogP contribution in [0.1, 0.15) is 18.4 Å². The third-order valence-electron chi connectivity index (χ3n) is 3.40. The minimum absolute atomic E-state index is 0.222. The summed E-state index contributed by atoms with van der Waals surface area (Å²) in [5, 5.41) is 3.22. The average molecular weight is 269 g/mol. The standard InChI is InChI=1S/C13H17F2N3O/c14-10-2-1-9(12(15)7-10)8-17-11-3-5-18(6-4-11)13(16)19/h1-2,7,11,17H,3-6,8H2,(H2,16,19). The lowest BCUT2D eigenvalue weighted by molar-refractivity contribution is 0.185. The van der Waals surface area contributed by atoms with Gasteiger partial charge in [0, 0.05) is 37.3 Å². The maximum Gasteiger partial charge on any atom is 0.314 e. The van der Waals surface area contributed by atoms with Crippen molar-refractivity contribution in [1.82, 2.24) is 10.2 Å². The van der Waals surface area contributed by atoms with Crippen molar-refractivity contribution in [1.29, 1.82) is 0 Å². The molecule has 1 heterocycles. The normalized spacial score (nSPS) is 16.6. The predicted octanol–water partition coefficient (Wildman–Crippen LogP) is 1.60. The molecule has 1 aromatic carbocycles. The summed E-state index contributed by atoms with van der Waals surface area (Å²) in [6, 6.07) is 3.39. The number of nitrogens with one attached hydrogen (secondary N) is 1. The molecular weight excluding hydrogens is 252 g/mol. The van der Waals surface area contributed by atoms with Gasteiger partial charge in [0.25, 0.3) is 0 Å². The first-order valence-corrected chi connectivity index (χ1v) is 6.28. The van der Waals surface area contributed by atoms with Gasteiger partial charge in [-0.15, -0.1) is 0 Å². The van der Waals surface area contributed by atoms with Crippen molar-refractivity contribution in [3.63, 3.8) is 0 Å². The zero-order valence-electron chi connectivity index (χ0n) is 10.5. The van der Waals surface area contributed by atoms with E-state index < -0.39 is 17.7 Å². The Morgan fingerprint density at radius 3 is 2.63 bits per heavy atom. The molecule has 0 saturated carbocycles. The molecule has 0 atom stereocenters. The molecule has 104 valence electrons. The van der Waals surface area contributed by atoms with E-state index in [-0.39, 0.29) is 6.04 Å². The molecular formula is C13H17F2N3O. The summed E-state index contributed by atoms with van der Waals surface area (Å²) in [4.78, 5) is 12.6. The zero-order chi connectivity index (χ0) is 13.8. The van der Waals surface area contributed by atoms with Crippen LogP contribution in [0, 0.1) is 11.6 Å². The molecule has 0 aromatic heterocycles. The number of carbonyl (C=O) groups excluding carboxylic acids is 1. The van der Waals surface area contributed by atoms with Crippen LogP contribution in [0.4, 0.5) is 13.6 Å². The average Bonchev–Trinajstić information content (AvgIpc) is 2.38. The van der Waals surface area contributed by atoms with Crippen LogP contribution in [-0.4, -0.2) is 30.1 Å². The first kappa shape index (κ1) is 13.7. The van der Waals surface area contributed by atoms with Gasteiger partial charge in [-0.1, -0.05) is 6.07 Å². The van der Waals surface area contributed by atoms with E-state index in [2.05, 4.69) is 5.32 Å². The van der Waals surface area contributed by atoms with Gasteiger partial charge in [-0.25, -0.2) is 13.6 Å². The number of halogens is 2. The number of benzene rings is 1. The second-order valence-electron chi connectivity index (χ2n) is 4.72. The monoisotopic (exact) mass is 269 g/mol. The fourth-order valence-corrected chi connectivity index (χ4v) is 2.22. The SMILES string of the molecule is NC(=O)N1CCC(NCc2ccc(F)cc2F)CC1. The number of urea groups is 1. The third-order valence-corrected chi connectivity index (χ3v) is 3.40. The number of amides is 2. The fourth-order valence-electron chi connectivity index (χ4n) is 2.22. The van der Waals surface area contributed by atoms with Crippen molar-refractivity contribution in [3.05, 3.63) is 35.4 Å². The van der Waals surface area contributed by atoms with Crippen molar-refractivity contribution >= 4 is 6.03 Å². The van der Waals surface area contributed by atoms with Gasteiger partial charge in [0.05, 0.1) is 0 Å². The Morgan fingerprint density at radius 2 is 2.05 bits per heavy atom. The number of likely N-dealkylation sites (tertiary alicyclic amines) is 1. The van der Waals surface area contributed by atoms with Gasteiger partial charge in [0.1, 0.15) is 11.6 Å². The number of nitrogens with zero attached hydrogens (tertiary/aromatic N) is 1. The molecule has 0 unspecified atom stereocenters. The maximum atomic E-state index is 13.4. The molecule has 2 rings (SSSR count). The lowest BCUT2D eigenvalue weighted by Gasteiger charge is -2.31. The summed E-state index contributed by atoms with van der Waals surface area (Å²) in [7, 11) is 0. The highest BCUT2D eigenvalue weighted by atomic mass is 19.1. The van der Waals surface area contributed by atoms with E-state index >= 15 is 0 Å². The van der Waals surface area contributed by atoms with E-state index in [0.717, 1.165) is 18.9 Å². The van der Waals surface area contributed by atoms with E-state index in [9.17, 15) is 13.6 Å². The molecule has 0 radical (unpaired) electrons. The van der Waals surface area contributed by atoms with Gasteiger partial charge in [-0.3, -0.25) is 0 Å². The highest BCUT2D eigenvalue weighted by Gasteiger charge is 2.20. The first-order chi connectivity index (χ1) is 9.06. The number of hydrogen-bond acceptors (Lipinski definition) is 2. The van der Waals surface area contributed by atoms with Gasteiger partial charge in [-0.05, 0) is 18.9 Å². The summed E-state index contributed by atoms with van der Waals surface area (Å²) in [5.74, 6) is -1.11. The molecule has 1 aromatic rings. The lowest BCUT2D eigenvalue weighted by Crippen LogP contribution is -2.46. The minimum Gasteiger partial charge on any atom is -0.351 e. The highest BCUT2D eigenvalue weighted by molar-refractivity contribution is 5.72. The Bertz CT molecular complexity index is 459. The zero-order valence-corrected chi connectivity index (χ0v) is 10.5. The molecule has 3 N–H and O–H groups in total. The Kier molecular flexibility index (Phi) is 4.31. The van der Waals surface area contributed by atoms with Gasteiger partial charge >= 0.3 is 6.03 Å². The summed E-state index contributed by atoms with van der Waals surface area (Å²) in [6.07, 6.45) is 1.57. The van der Waals surface area contributed by atoms with Crippen LogP contribution in [0.25, 0.3) is 0 Å². The van der Waals surface area contributed by atoms with E-state index in [1.165, 1.54) is 12.1 Å². The van der Waals surface area contributed by atoms with Crippen LogP contribution in [0.15, 0.2) is 18.2 Å². The van der Waals surface area contributed by atoms with Crippen molar-refractivity contribution in [3.8, 4) is 0 Å². The molecule has 0 spiro atoms.